The van der Waals surface area contributed by atoms with Crippen LogP contribution in [0.5, 0.6) is 0 Å². The zero-order valence-corrected chi connectivity index (χ0v) is 14.1. The van der Waals surface area contributed by atoms with Crippen LogP contribution in [-0.2, 0) is 16.0 Å². The van der Waals surface area contributed by atoms with Gasteiger partial charge < -0.3 is 10.4 Å². The molecule has 1 amide bonds. The van der Waals surface area contributed by atoms with Crippen LogP contribution in [0.1, 0.15) is 18.1 Å². The number of carboxylic acids is 1. The summed E-state index contributed by atoms with van der Waals surface area (Å²) in [7, 11) is 0. The molecule has 0 heterocycles. The van der Waals surface area contributed by atoms with Crippen molar-refractivity contribution >= 4 is 39.8 Å². The molecule has 0 aromatic heterocycles. The van der Waals surface area contributed by atoms with E-state index in [0.29, 0.717) is 12.2 Å². The summed E-state index contributed by atoms with van der Waals surface area (Å²) >= 11 is 1.87. The number of carbonyl (C=O) groups is 3. The number of carbonyl (C=O) groups excluding carboxylic acids is 2. The Morgan fingerprint density at radius 3 is 2.50 bits per heavy atom. The lowest BCUT2D eigenvalue weighted by Crippen LogP contribution is -2.37. The molecule has 1 aromatic carbocycles. The van der Waals surface area contributed by atoms with Crippen LogP contribution in [0.15, 0.2) is 24.3 Å². The average molecular weight is 341 g/mol. The van der Waals surface area contributed by atoms with Gasteiger partial charge in [-0.25, -0.2) is 0 Å². The smallest absolute Gasteiger partial charge is 0.314 e. The Morgan fingerprint density at radius 2 is 1.91 bits per heavy atom. The van der Waals surface area contributed by atoms with Gasteiger partial charge in [-0.15, -0.1) is 0 Å². The van der Waals surface area contributed by atoms with Crippen molar-refractivity contribution in [2.24, 2.45) is 0 Å². The Hall–Kier alpha value is -1.47. The highest BCUT2D eigenvalue weighted by Gasteiger charge is 2.16. The normalized spacial score (nSPS) is 11.7. The van der Waals surface area contributed by atoms with E-state index in [1.54, 1.807) is 0 Å². The van der Waals surface area contributed by atoms with Crippen LogP contribution in [0, 0.1) is 6.92 Å². The van der Waals surface area contributed by atoms with Crippen molar-refractivity contribution in [1.29, 1.82) is 0 Å². The van der Waals surface area contributed by atoms with E-state index in [9.17, 15) is 14.4 Å². The number of benzene rings is 1. The largest absolute Gasteiger partial charge is 0.481 e. The van der Waals surface area contributed by atoms with Crippen LogP contribution in [0.2, 0.25) is 0 Å². The summed E-state index contributed by atoms with van der Waals surface area (Å²) in [5, 5.41) is 11.0. The van der Waals surface area contributed by atoms with Crippen LogP contribution >= 0.6 is 23.5 Å². The lowest BCUT2D eigenvalue weighted by Gasteiger charge is -2.18. The topological polar surface area (TPSA) is 83.5 Å². The molecule has 1 unspecified atom stereocenters. The van der Waals surface area contributed by atoms with E-state index < -0.39 is 5.97 Å². The van der Waals surface area contributed by atoms with Gasteiger partial charge in [-0.2, -0.15) is 0 Å². The maximum absolute atomic E-state index is 11.8. The zero-order chi connectivity index (χ0) is 16.5. The Labute approximate surface area is 138 Å². The zero-order valence-electron chi connectivity index (χ0n) is 12.5. The molecule has 0 spiro atoms. The third-order valence-electron chi connectivity index (χ3n) is 2.86. The minimum Gasteiger partial charge on any atom is -0.481 e. The number of thioether (sulfide) groups is 2. The number of nitrogens with one attached hydrogen (secondary N) is 1. The maximum atomic E-state index is 11.8. The molecule has 1 rings (SSSR count). The van der Waals surface area contributed by atoms with Crippen molar-refractivity contribution < 1.29 is 19.5 Å². The quantitative estimate of drug-likeness (QED) is 0.793. The van der Waals surface area contributed by atoms with Gasteiger partial charge in [-0.1, -0.05) is 47.8 Å². The molecule has 22 heavy (non-hydrogen) atoms. The summed E-state index contributed by atoms with van der Waals surface area (Å²) in [6.45, 7) is 3.47. The number of aliphatic carboxylic acids is 1. The molecule has 0 fully saturated rings. The highest BCUT2D eigenvalue weighted by atomic mass is 32.2. The maximum Gasteiger partial charge on any atom is 0.314 e. The molecular formula is C15H19NO4S2. The first-order chi connectivity index (χ1) is 10.4. The predicted octanol–water partition coefficient (Wildman–Crippen LogP) is 2.71. The first kappa shape index (κ1) is 18.6. The van der Waals surface area contributed by atoms with Crippen molar-refractivity contribution in [3.05, 3.63) is 35.4 Å². The molecule has 120 valence electrons. The van der Waals surface area contributed by atoms with Gasteiger partial charge in [-0.05, 0) is 24.5 Å². The third-order valence-corrected chi connectivity index (χ3v) is 4.61. The number of amides is 1. The second kappa shape index (κ2) is 9.53. The van der Waals surface area contributed by atoms with Crippen molar-refractivity contribution in [1.82, 2.24) is 5.32 Å². The van der Waals surface area contributed by atoms with E-state index in [2.05, 4.69) is 5.32 Å². The molecule has 1 aromatic rings. The summed E-state index contributed by atoms with van der Waals surface area (Å²) in [5.41, 5.74) is 2.22. The first-order valence-corrected chi connectivity index (χ1v) is 8.68. The van der Waals surface area contributed by atoms with Crippen molar-refractivity contribution in [2.75, 3.05) is 11.5 Å². The van der Waals surface area contributed by atoms with Gasteiger partial charge in [0.25, 0.3) is 5.24 Å². The number of aryl methyl sites for hydroxylation is 1. The van der Waals surface area contributed by atoms with E-state index in [-0.39, 0.29) is 22.1 Å². The fourth-order valence-electron chi connectivity index (χ4n) is 1.81. The minimum absolute atomic E-state index is 0.0118. The van der Waals surface area contributed by atoms with Gasteiger partial charge in [0.15, 0.2) is 5.12 Å². The Kier molecular flexibility index (Phi) is 8.05. The molecule has 0 saturated heterocycles. The predicted molar refractivity (Wildman–Crippen MR) is 90.4 cm³/mol. The fraction of sp³-hybridized carbons (Fsp3) is 0.400. The van der Waals surface area contributed by atoms with Gasteiger partial charge in [-0.3, -0.25) is 14.4 Å². The van der Waals surface area contributed by atoms with Crippen LogP contribution < -0.4 is 5.32 Å². The number of rotatable bonds is 7. The first-order valence-electron chi connectivity index (χ1n) is 6.71. The molecular weight excluding hydrogens is 322 g/mol. The molecule has 0 bridgehead atoms. The Balaban J connectivity index is 2.67. The summed E-state index contributed by atoms with van der Waals surface area (Å²) in [6.07, 6.45) is 0.603. The minimum atomic E-state index is -1.03. The van der Waals surface area contributed by atoms with Gasteiger partial charge in [0.05, 0.1) is 0 Å². The number of carboxylic acid groups (broad SMARTS) is 1. The highest BCUT2D eigenvalue weighted by molar-refractivity contribution is 8.14. The lowest BCUT2D eigenvalue weighted by molar-refractivity contribution is -0.133. The van der Waals surface area contributed by atoms with Gasteiger partial charge in [0.2, 0.25) is 0 Å². The van der Waals surface area contributed by atoms with Gasteiger partial charge >= 0.3 is 5.97 Å². The van der Waals surface area contributed by atoms with Gasteiger partial charge in [0, 0.05) is 18.7 Å². The van der Waals surface area contributed by atoms with E-state index in [1.165, 1.54) is 6.92 Å². The second-order valence-electron chi connectivity index (χ2n) is 4.74. The summed E-state index contributed by atoms with van der Waals surface area (Å²) in [6, 6.07) is 7.63. The molecule has 0 aliphatic rings. The third kappa shape index (κ3) is 7.51. The molecule has 0 aliphatic carbocycles. The SMILES string of the molecule is CC(=O)SCC(Cc1ccccc1C)NC(=O)SCC(=O)O. The standard InChI is InChI=1S/C15H19NO4S2/c1-10-5-3-4-6-12(10)7-13(8-21-11(2)17)16-15(20)22-9-14(18)19/h3-6,13H,7-9H2,1-2H3,(H,16,20)(H,18,19). The Bertz CT molecular complexity index is 548. The second-order valence-corrected chi connectivity index (χ2v) is 6.89. The van der Waals surface area contributed by atoms with Crippen LogP contribution in [0.25, 0.3) is 0 Å². The fourth-order valence-corrected chi connectivity index (χ4v) is 2.95. The van der Waals surface area contributed by atoms with Crippen LogP contribution in [0.4, 0.5) is 4.79 Å². The number of hydrogen-bond donors (Lipinski definition) is 2. The molecule has 5 nitrogen and oxygen atoms in total. The van der Waals surface area contributed by atoms with E-state index >= 15 is 0 Å². The Morgan fingerprint density at radius 1 is 1.23 bits per heavy atom. The average Bonchev–Trinajstić information content (AvgIpc) is 2.45. The molecule has 0 radical (unpaired) electrons. The van der Waals surface area contributed by atoms with Crippen molar-refractivity contribution in [2.45, 2.75) is 26.3 Å². The lowest BCUT2D eigenvalue weighted by atomic mass is 10.0. The highest BCUT2D eigenvalue weighted by Crippen LogP contribution is 2.14. The number of hydrogen-bond acceptors (Lipinski definition) is 5. The summed E-state index contributed by atoms with van der Waals surface area (Å²) in [5.74, 6) is -0.847. The molecule has 1 atom stereocenters. The van der Waals surface area contributed by atoms with Gasteiger partial charge in [0.1, 0.15) is 5.75 Å². The van der Waals surface area contributed by atoms with Crippen molar-refractivity contribution in [3.63, 3.8) is 0 Å². The molecule has 7 heteroatoms. The van der Waals surface area contributed by atoms with E-state index in [1.807, 2.05) is 31.2 Å². The van der Waals surface area contributed by atoms with Crippen LogP contribution in [0.3, 0.4) is 0 Å². The monoisotopic (exact) mass is 341 g/mol. The molecule has 2 N–H and O–H groups in total. The van der Waals surface area contributed by atoms with E-state index in [0.717, 1.165) is 34.7 Å². The summed E-state index contributed by atoms with van der Waals surface area (Å²) in [4.78, 5) is 33.4. The van der Waals surface area contributed by atoms with Crippen molar-refractivity contribution in [3.8, 4) is 0 Å². The molecule has 0 aliphatic heterocycles. The summed E-state index contributed by atoms with van der Waals surface area (Å²) < 4.78 is 0. The van der Waals surface area contributed by atoms with Crippen LogP contribution in [-0.4, -0.2) is 39.0 Å². The van der Waals surface area contributed by atoms with E-state index in [4.69, 9.17) is 5.11 Å². The molecule has 0 saturated carbocycles.